The molecular weight excluding hydrogens is 180 g/mol. The average molecular weight is 191 g/mol. The molecule has 0 heterocycles. The summed E-state index contributed by atoms with van der Waals surface area (Å²) in [5, 5.41) is 25.0. The highest BCUT2D eigenvalue weighted by molar-refractivity contribution is 4.99. The molecule has 0 aromatic rings. The van der Waals surface area contributed by atoms with Gasteiger partial charge in [0, 0.05) is 24.2 Å². The van der Waals surface area contributed by atoms with Crippen molar-refractivity contribution < 1.29 is 10.0 Å². The Morgan fingerprint density at radius 2 is 1.77 bits per heavy atom. The van der Waals surface area contributed by atoms with Gasteiger partial charge in [-0.1, -0.05) is 6.92 Å². The van der Waals surface area contributed by atoms with E-state index >= 15 is 0 Å². The van der Waals surface area contributed by atoms with Crippen LogP contribution in [-0.2, 0) is 0 Å². The molecule has 1 fully saturated rings. The molecule has 2 atom stereocenters. The second-order valence-electron chi connectivity index (χ2n) is 3.15. The maximum atomic E-state index is 10.3. The molecule has 0 bridgehead atoms. The van der Waals surface area contributed by atoms with Crippen molar-refractivity contribution in [3.63, 3.8) is 0 Å². The first-order chi connectivity index (χ1) is 5.84. The van der Waals surface area contributed by atoms with Crippen LogP contribution in [0, 0.1) is 31.4 Å². The van der Waals surface area contributed by atoms with Gasteiger partial charge in [-0.25, -0.2) is 0 Å². The fourth-order valence-electron chi connectivity index (χ4n) is 1.25. The van der Waals surface area contributed by atoms with E-state index in [-0.39, 0.29) is 4.92 Å². The molecule has 76 valence electrons. The lowest BCUT2D eigenvalue weighted by Crippen LogP contribution is -2.18. The van der Waals surface area contributed by atoms with Gasteiger partial charge in [-0.15, -0.1) is 0 Å². The van der Waals surface area contributed by atoms with Crippen molar-refractivity contribution in [1.82, 2.24) is 0 Å². The highest BCUT2D eigenvalue weighted by atomic mass is 16.9. The van der Waals surface area contributed by atoms with Gasteiger partial charge in [-0.3, -0.25) is 10.1 Å². The van der Waals surface area contributed by atoms with Crippen molar-refractivity contribution >= 4 is 0 Å². The minimum Gasteiger partial charge on any atom is -0.356 e. The summed E-state index contributed by atoms with van der Waals surface area (Å²) in [6.45, 7) is 3.72. The normalized spacial score (nSPS) is 29.8. The molecule has 1 aliphatic carbocycles. The molecule has 1 saturated carbocycles. The lowest BCUT2D eigenvalue weighted by atomic mass is 10.2. The molecule has 0 radical (unpaired) electrons. The van der Waals surface area contributed by atoms with Crippen LogP contribution in [0.5, 0.6) is 0 Å². The summed E-state index contributed by atoms with van der Waals surface area (Å²) >= 11 is 0. The number of rotatable bonds is 2. The minimum atomic E-state index is -1.75. The van der Waals surface area contributed by atoms with E-state index < -0.39 is 10.6 Å². The van der Waals surface area contributed by atoms with Crippen molar-refractivity contribution in [3.05, 3.63) is 25.4 Å². The Bertz CT molecular complexity index is 215. The SMILES string of the molecule is CCC1CC1(C)[N+](=O)[O-].O=[N+]([O-])[O-]. The molecule has 1 rings (SSSR count). The van der Waals surface area contributed by atoms with Crippen LogP contribution in [0.15, 0.2) is 0 Å². The summed E-state index contributed by atoms with van der Waals surface area (Å²) < 4.78 is 0. The molecule has 0 aliphatic heterocycles. The molecule has 0 aromatic heterocycles. The standard InChI is InChI=1S/C6H11NO2.NO3/c1-3-5-4-6(5,2)7(8)9;2-1(3)4/h5H,3-4H2,1-2H3;/q;-1. The van der Waals surface area contributed by atoms with Gasteiger partial charge in [0.05, 0.1) is 5.09 Å². The first-order valence-corrected chi connectivity index (χ1v) is 3.80. The van der Waals surface area contributed by atoms with Crippen LogP contribution >= 0.6 is 0 Å². The van der Waals surface area contributed by atoms with Crippen LogP contribution < -0.4 is 0 Å². The van der Waals surface area contributed by atoms with Gasteiger partial charge in [0.15, 0.2) is 0 Å². The van der Waals surface area contributed by atoms with E-state index in [1.807, 2.05) is 6.92 Å². The van der Waals surface area contributed by atoms with E-state index in [0.29, 0.717) is 5.92 Å². The zero-order chi connectivity index (χ0) is 10.6. The Labute approximate surface area is 74.6 Å². The monoisotopic (exact) mass is 191 g/mol. The van der Waals surface area contributed by atoms with E-state index in [1.54, 1.807) is 6.92 Å². The van der Waals surface area contributed by atoms with Crippen molar-refractivity contribution in [2.24, 2.45) is 5.92 Å². The summed E-state index contributed by atoms with van der Waals surface area (Å²) in [4.78, 5) is 18.4. The molecule has 7 heteroatoms. The van der Waals surface area contributed by atoms with E-state index in [1.165, 1.54) is 0 Å². The van der Waals surface area contributed by atoms with Gasteiger partial charge in [0.1, 0.15) is 0 Å². The van der Waals surface area contributed by atoms with Gasteiger partial charge in [-0.05, 0) is 6.42 Å². The molecule has 0 N–H and O–H groups in total. The third kappa shape index (κ3) is 3.22. The summed E-state index contributed by atoms with van der Waals surface area (Å²) in [6, 6.07) is 0. The number of hydrogen-bond donors (Lipinski definition) is 0. The van der Waals surface area contributed by atoms with E-state index in [9.17, 15) is 10.1 Å². The molecule has 7 nitrogen and oxygen atoms in total. The van der Waals surface area contributed by atoms with E-state index in [2.05, 4.69) is 0 Å². The maximum Gasteiger partial charge on any atom is 0.223 e. The molecule has 0 amide bonds. The van der Waals surface area contributed by atoms with Crippen LogP contribution in [0.4, 0.5) is 0 Å². The van der Waals surface area contributed by atoms with Gasteiger partial charge >= 0.3 is 0 Å². The Morgan fingerprint density at radius 3 is 1.85 bits per heavy atom. The second kappa shape index (κ2) is 4.01. The first-order valence-electron chi connectivity index (χ1n) is 3.80. The average Bonchev–Trinajstić information content (AvgIpc) is 2.62. The molecule has 0 aromatic carbocycles. The Morgan fingerprint density at radius 1 is 1.38 bits per heavy atom. The van der Waals surface area contributed by atoms with Crippen LogP contribution in [0.25, 0.3) is 0 Å². The molecule has 0 spiro atoms. The zero-order valence-corrected chi connectivity index (χ0v) is 7.43. The molecule has 13 heavy (non-hydrogen) atoms. The third-order valence-corrected chi connectivity index (χ3v) is 2.29. The Balaban J connectivity index is 0.000000310. The van der Waals surface area contributed by atoms with Gasteiger partial charge in [0.2, 0.25) is 5.54 Å². The van der Waals surface area contributed by atoms with Gasteiger partial charge in [-0.2, -0.15) is 0 Å². The summed E-state index contributed by atoms with van der Waals surface area (Å²) in [7, 11) is 0. The summed E-state index contributed by atoms with van der Waals surface area (Å²) in [5.74, 6) is 0.340. The molecular formula is C6H11N2O5-. The fourth-order valence-corrected chi connectivity index (χ4v) is 1.25. The molecule has 2 unspecified atom stereocenters. The lowest BCUT2D eigenvalue weighted by molar-refractivity contribution is -0.537. The first kappa shape index (κ1) is 11.6. The van der Waals surface area contributed by atoms with Crippen molar-refractivity contribution in [2.45, 2.75) is 32.2 Å². The maximum absolute atomic E-state index is 10.3. The number of hydrogen-bond acceptors (Lipinski definition) is 5. The lowest BCUT2D eigenvalue weighted by Gasteiger charge is -1.98. The predicted molar refractivity (Wildman–Crippen MR) is 44.2 cm³/mol. The van der Waals surface area contributed by atoms with Crippen LogP contribution in [0.1, 0.15) is 26.7 Å². The summed E-state index contributed by atoms with van der Waals surface area (Å²) in [6.07, 6.45) is 1.72. The highest BCUT2D eigenvalue weighted by Gasteiger charge is 2.60. The van der Waals surface area contributed by atoms with Crippen molar-refractivity contribution in [2.75, 3.05) is 0 Å². The van der Waals surface area contributed by atoms with Crippen molar-refractivity contribution in [1.29, 1.82) is 0 Å². The Hall–Kier alpha value is -1.40. The number of nitro groups is 1. The summed E-state index contributed by atoms with van der Waals surface area (Å²) in [5.41, 5.74) is -0.561. The molecule has 1 aliphatic rings. The largest absolute Gasteiger partial charge is 0.356 e. The minimum absolute atomic E-state index is 0.152. The second-order valence-corrected chi connectivity index (χ2v) is 3.15. The van der Waals surface area contributed by atoms with Gasteiger partial charge in [0.25, 0.3) is 0 Å². The fraction of sp³-hybridized carbons (Fsp3) is 1.00. The zero-order valence-electron chi connectivity index (χ0n) is 7.43. The molecule has 0 saturated heterocycles. The van der Waals surface area contributed by atoms with Gasteiger partial charge < -0.3 is 15.3 Å². The smallest absolute Gasteiger partial charge is 0.223 e. The third-order valence-electron chi connectivity index (χ3n) is 2.29. The topological polar surface area (TPSA) is 109 Å². The predicted octanol–water partition coefficient (Wildman–Crippen LogP) is 1.21. The van der Waals surface area contributed by atoms with Crippen molar-refractivity contribution in [3.8, 4) is 0 Å². The highest BCUT2D eigenvalue weighted by Crippen LogP contribution is 2.47. The van der Waals surface area contributed by atoms with Crippen LogP contribution in [0.2, 0.25) is 0 Å². The Kier molecular flexibility index (Phi) is 3.58. The van der Waals surface area contributed by atoms with Crippen LogP contribution in [-0.4, -0.2) is 15.5 Å². The quantitative estimate of drug-likeness (QED) is 0.481. The van der Waals surface area contributed by atoms with E-state index in [0.717, 1.165) is 12.8 Å². The van der Waals surface area contributed by atoms with Crippen LogP contribution in [0.3, 0.4) is 0 Å². The number of nitrogens with zero attached hydrogens (tertiary/aromatic N) is 2. The van der Waals surface area contributed by atoms with E-state index in [4.69, 9.17) is 15.3 Å².